The normalized spacial score (nSPS) is 12.5. The van der Waals surface area contributed by atoms with Crippen LogP contribution in [0.2, 0.25) is 0 Å². The third-order valence-electron chi connectivity index (χ3n) is 4.48. The van der Waals surface area contributed by atoms with Crippen LogP contribution in [-0.2, 0) is 9.59 Å². The minimum Gasteiger partial charge on any atom is -0.272 e. The lowest BCUT2D eigenvalue weighted by Gasteiger charge is -2.09. The zero-order valence-electron chi connectivity index (χ0n) is 20.6. The number of hydrazone groups is 2. The molecule has 2 amide bonds. The topological polar surface area (TPSA) is 109 Å². The third kappa shape index (κ3) is 12.0. The summed E-state index contributed by atoms with van der Waals surface area (Å²) in [6.45, 7) is 12.0. The fraction of sp³-hybridized carbons (Fsp3) is 0.727. The van der Waals surface area contributed by atoms with Crippen molar-refractivity contribution in [2.75, 3.05) is 0 Å². The van der Waals surface area contributed by atoms with Crippen LogP contribution in [-0.4, -0.2) is 43.9 Å². The molecule has 2 atom stereocenters. The molecule has 0 aromatic carbocycles. The van der Waals surface area contributed by atoms with E-state index in [1.807, 2.05) is 13.8 Å². The van der Waals surface area contributed by atoms with Crippen LogP contribution < -0.4 is 10.9 Å². The summed E-state index contributed by atoms with van der Waals surface area (Å²) in [5, 5.41) is 16.2. The molecule has 0 fully saturated rings. The van der Waals surface area contributed by atoms with Crippen LogP contribution in [0.5, 0.6) is 0 Å². The summed E-state index contributed by atoms with van der Waals surface area (Å²) in [7, 11) is 0. The van der Waals surface area contributed by atoms with Crippen LogP contribution in [0.4, 0.5) is 0 Å². The Bertz CT molecular complexity index is 718. The molecular formula is C22H38N6O2S3. The van der Waals surface area contributed by atoms with Crippen molar-refractivity contribution in [1.82, 2.24) is 21.0 Å². The Labute approximate surface area is 210 Å². The monoisotopic (exact) mass is 514 g/mol. The first-order chi connectivity index (χ1) is 15.8. The van der Waals surface area contributed by atoms with Crippen molar-refractivity contribution in [2.24, 2.45) is 10.2 Å². The number of hydrogen-bond donors (Lipinski definition) is 2. The second kappa shape index (κ2) is 17.0. The first-order valence-corrected chi connectivity index (χ1v) is 14.3. The molecule has 0 aliphatic heterocycles. The molecule has 11 heteroatoms. The molecule has 1 rings (SSSR count). The van der Waals surface area contributed by atoms with Crippen molar-refractivity contribution in [3.05, 3.63) is 0 Å². The lowest BCUT2D eigenvalue weighted by molar-refractivity contribution is -0.121. The molecule has 0 bridgehead atoms. The molecule has 2 N–H and O–H groups in total. The van der Waals surface area contributed by atoms with Crippen molar-refractivity contribution in [2.45, 2.75) is 112 Å². The van der Waals surface area contributed by atoms with Crippen molar-refractivity contribution in [3.63, 3.8) is 0 Å². The number of amides is 2. The summed E-state index contributed by atoms with van der Waals surface area (Å²) >= 11 is 4.06. The Kier molecular flexibility index (Phi) is 15.3. The summed E-state index contributed by atoms with van der Waals surface area (Å²) < 4.78 is 1.37. The van der Waals surface area contributed by atoms with Gasteiger partial charge in [0.2, 0.25) is 0 Å². The van der Waals surface area contributed by atoms with Crippen molar-refractivity contribution >= 4 is 58.1 Å². The van der Waals surface area contributed by atoms with Crippen LogP contribution in [0.15, 0.2) is 18.9 Å². The van der Waals surface area contributed by atoms with Crippen LogP contribution in [0.3, 0.4) is 0 Å². The number of nitrogens with zero attached hydrogens (tertiary/aromatic N) is 4. The Morgan fingerprint density at radius 1 is 0.758 bits per heavy atom. The van der Waals surface area contributed by atoms with Gasteiger partial charge in [0.15, 0.2) is 8.68 Å². The van der Waals surface area contributed by atoms with Gasteiger partial charge in [0.05, 0.1) is 10.5 Å². The van der Waals surface area contributed by atoms with Gasteiger partial charge in [-0.15, -0.1) is 10.2 Å². The molecule has 2 unspecified atom stereocenters. The van der Waals surface area contributed by atoms with E-state index in [9.17, 15) is 9.59 Å². The predicted octanol–water partition coefficient (Wildman–Crippen LogP) is 5.64. The maximum absolute atomic E-state index is 12.4. The summed E-state index contributed by atoms with van der Waals surface area (Å²) in [4.78, 5) is 24.8. The highest BCUT2D eigenvalue weighted by atomic mass is 32.2. The van der Waals surface area contributed by atoms with Gasteiger partial charge in [-0.1, -0.05) is 88.2 Å². The zero-order valence-corrected chi connectivity index (χ0v) is 23.1. The molecule has 1 heterocycles. The lowest BCUT2D eigenvalue weighted by Crippen LogP contribution is -2.28. The van der Waals surface area contributed by atoms with E-state index in [1.54, 1.807) is 0 Å². The van der Waals surface area contributed by atoms with Gasteiger partial charge in [0.1, 0.15) is 0 Å². The minimum atomic E-state index is -0.352. The van der Waals surface area contributed by atoms with E-state index in [0.717, 1.165) is 62.8 Å². The summed E-state index contributed by atoms with van der Waals surface area (Å²) in [6.07, 6.45) is 7.59. The number of carbonyl (C=O) groups is 2. The minimum absolute atomic E-state index is 0.158. The van der Waals surface area contributed by atoms with Gasteiger partial charge < -0.3 is 0 Å². The van der Waals surface area contributed by atoms with E-state index in [1.165, 1.54) is 34.9 Å². The molecule has 1 aromatic rings. The van der Waals surface area contributed by atoms with Crippen LogP contribution in [0.1, 0.15) is 92.9 Å². The predicted molar refractivity (Wildman–Crippen MR) is 141 cm³/mol. The molecule has 0 saturated heterocycles. The van der Waals surface area contributed by atoms with Crippen molar-refractivity contribution in [3.8, 4) is 0 Å². The van der Waals surface area contributed by atoms with E-state index < -0.39 is 0 Å². The van der Waals surface area contributed by atoms with Gasteiger partial charge in [-0.3, -0.25) is 9.59 Å². The summed E-state index contributed by atoms with van der Waals surface area (Å²) in [5.74, 6) is -0.315. The average Bonchev–Trinajstić information content (AvgIpc) is 3.22. The molecule has 8 nitrogen and oxygen atoms in total. The molecule has 0 radical (unpaired) electrons. The number of aromatic nitrogens is 2. The largest absolute Gasteiger partial charge is 0.272 e. The number of hydrogen-bond acceptors (Lipinski definition) is 9. The van der Waals surface area contributed by atoms with Crippen molar-refractivity contribution in [1.29, 1.82) is 0 Å². The molecule has 0 aliphatic rings. The maximum Gasteiger partial charge on any atom is 0.253 e. The standard InChI is InChI=1S/C22H38N6O2S3/c1-7-11-17(12-8-2)23-25-19(29)15(5)31-21-27-28-22(33-21)32-16(6)20(30)26-24-18(13-9-3)14-10-4/h15-16H,7-14H2,1-6H3,(H,25,29)(H,26,30). The molecular weight excluding hydrogens is 476 g/mol. The number of carbonyl (C=O) groups excluding carboxylic acids is 2. The second-order valence-electron chi connectivity index (χ2n) is 7.66. The van der Waals surface area contributed by atoms with Crippen LogP contribution in [0.25, 0.3) is 0 Å². The fourth-order valence-electron chi connectivity index (χ4n) is 2.78. The van der Waals surface area contributed by atoms with Gasteiger partial charge in [0.25, 0.3) is 11.8 Å². The molecule has 1 aromatic heterocycles. The molecule has 0 saturated carbocycles. The smallest absolute Gasteiger partial charge is 0.253 e. The maximum atomic E-state index is 12.4. The van der Waals surface area contributed by atoms with Crippen LogP contribution in [0, 0.1) is 0 Å². The zero-order chi connectivity index (χ0) is 24.6. The highest BCUT2D eigenvalue weighted by Crippen LogP contribution is 2.33. The van der Waals surface area contributed by atoms with Gasteiger partial charge in [-0.2, -0.15) is 10.2 Å². The Balaban J connectivity index is 2.58. The fourth-order valence-corrected chi connectivity index (χ4v) is 6.08. The first-order valence-electron chi connectivity index (χ1n) is 11.7. The first kappa shape index (κ1) is 29.6. The Morgan fingerprint density at radius 3 is 1.39 bits per heavy atom. The van der Waals surface area contributed by atoms with E-state index in [2.05, 4.69) is 58.9 Å². The van der Waals surface area contributed by atoms with E-state index in [4.69, 9.17) is 0 Å². The Hall–Kier alpha value is -1.46. The highest BCUT2D eigenvalue weighted by Gasteiger charge is 2.20. The number of nitrogens with one attached hydrogen (secondary N) is 2. The van der Waals surface area contributed by atoms with E-state index in [-0.39, 0.29) is 22.3 Å². The van der Waals surface area contributed by atoms with Crippen LogP contribution >= 0.6 is 34.9 Å². The quantitative estimate of drug-likeness (QED) is 0.168. The third-order valence-corrected chi connectivity index (χ3v) is 7.78. The van der Waals surface area contributed by atoms with Gasteiger partial charge in [-0.05, 0) is 39.5 Å². The summed E-state index contributed by atoms with van der Waals surface area (Å²) in [6, 6.07) is 0. The summed E-state index contributed by atoms with van der Waals surface area (Å²) in [5.41, 5.74) is 7.41. The second-order valence-corrected chi connectivity index (χ2v) is 11.8. The van der Waals surface area contributed by atoms with E-state index in [0.29, 0.717) is 8.68 Å². The van der Waals surface area contributed by atoms with Gasteiger partial charge >= 0.3 is 0 Å². The lowest BCUT2D eigenvalue weighted by atomic mass is 10.1. The van der Waals surface area contributed by atoms with E-state index >= 15 is 0 Å². The van der Waals surface area contributed by atoms with Gasteiger partial charge in [-0.25, -0.2) is 10.9 Å². The average molecular weight is 515 g/mol. The molecule has 0 spiro atoms. The molecule has 0 aliphatic carbocycles. The van der Waals surface area contributed by atoms with Crippen molar-refractivity contribution < 1.29 is 9.59 Å². The molecule has 33 heavy (non-hydrogen) atoms. The number of thioether (sulfide) groups is 2. The highest BCUT2D eigenvalue weighted by molar-refractivity contribution is 8.04. The molecule has 186 valence electrons. The number of rotatable bonds is 16. The SMILES string of the molecule is CCCC(CCC)=NNC(=O)C(C)Sc1nnc(SC(C)C(=O)NN=C(CCC)CCC)s1. The van der Waals surface area contributed by atoms with Gasteiger partial charge in [0, 0.05) is 11.4 Å². The Morgan fingerprint density at radius 2 is 1.09 bits per heavy atom.